The van der Waals surface area contributed by atoms with Crippen LogP contribution in [-0.4, -0.2) is 80.9 Å². The van der Waals surface area contributed by atoms with Gasteiger partial charge in [0.05, 0.1) is 18.2 Å². The van der Waals surface area contributed by atoms with Crippen LogP contribution in [0.15, 0.2) is 30.5 Å². The van der Waals surface area contributed by atoms with E-state index in [1.54, 1.807) is 6.20 Å². The number of nitrogens with one attached hydrogen (secondary N) is 4. The fraction of sp³-hybridized carbons (Fsp3) is 0.429. The number of aliphatic carboxylic acids is 1. The third-order valence-corrected chi connectivity index (χ3v) is 4.99. The summed E-state index contributed by atoms with van der Waals surface area (Å²) in [7, 11) is 0. The standard InChI is InChI=1S/C21H29N5O7/c1-10(27)17(20(32)24-9-16(29)30)26-21(33)18(11(2)28)25-19(31)14(22)7-12-8-23-15-6-4-3-5-13(12)15/h3-6,8,10-11,14,17-18,23,27-28H,7,9,22H2,1-2H3,(H,24,32)(H,25,31)(H,26,33)(H,29,30). The molecule has 0 radical (unpaired) electrons. The first-order valence-electron chi connectivity index (χ1n) is 10.3. The van der Waals surface area contributed by atoms with Crippen molar-refractivity contribution in [1.29, 1.82) is 0 Å². The number of aliphatic hydroxyl groups excluding tert-OH is 2. The monoisotopic (exact) mass is 463 g/mol. The van der Waals surface area contributed by atoms with Crippen LogP contribution in [0.4, 0.5) is 0 Å². The maximum absolute atomic E-state index is 12.7. The molecule has 5 unspecified atom stereocenters. The number of hydrogen-bond donors (Lipinski definition) is 8. The van der Waals surface area contributed by atoms with Crippen molar-refractivity contribution in [3.05, 3.63) is 36.0 Å². The highest BCUT2D eigenvalue weighted by molar-refractivity contribution is 5.94. The largest absolute Gasteiger partial charge is 0.480 e. The van der Waals surface area contributed by atoms with E-state index in [0.717, 1.165) is 16.5 Å². The van der Waals surface area contributed by atoms with Gasteiger partial charge in [-0.2, -0.15) is 0 Å². The summed E-state index contributed by atoms with van der Waals surface area (Å²) in [5, 5.41) is 36.0. The first-order valence-corrected chi connectivity index (χ1v) is 10.3. The Labute approximate surface area is 189 Å². The summed E-state index contributed by atoms with van der Waals surface area (Å²) < 4.78 is 0. The minimum absolute atomic E-state index is 0.165. The fourth-order valence-electron chi connectivity index (χ4n) is 3.22. The zero-order chi connectivity index (χ0) is 24.7. The zero-order valence-corrected chi connectivity index (χ0v) is 18.2. The number of aliphatic hydroxyl groups is 2. The quantitative estimate of drug-likeness (QED) is 0.186. The molecule has 0 aliphatic rings. The molecule has 1 aromatic carbocycles. The molecule has 5 atom stereocenters. The molecule has 0 spiro atoms. The molecule has 0 aliphatic heterocycles. The lowest BCUT2D eigenvalue weighted by Crippen LogP contribution is -2.61. The number of carboxylic acid groups (broad SMARTS) is 1. The highest BCUT2D eigenvalue weighted by Gasteiger charge is 2.33. The Hall–Kier alpha value is -3.48. The maximum atomic E-state index is 12.7. The predicted molar refractivity (Wildman–Crippen MR) is 118 cm³/mol. The summed E-state index contributed by atoms with van der Waals surface area (Å²) in [5.41, 5.74) is 7.70. The van der Waals surface area contributed by atoms with E-state index in [-0.39, 0.29) is 6.42 Å². The summed E-state index contributed by atoms with van der Waals surface area (Å²) in [6.07, 6.45) is -0.833. The number of carboxylic acids is 1. The van der Waals surface area contributed by atoms with E-state index in [4.69, 9.17) is 10.8 Å². The fourth-order valence-corrected chi connectivity index (χ4v) is 3.22. The van der Waals surface area contributed by atoms with Crippen LogP contribution in [0.2, 0.25) is 0 Å². The third-order valence-electron chi connectivity index (χ3n) is 4.99. The number of para-hydroxylation sites is 1. The van der Waals surface area contributed by atoms with Crippen molar-refractivity contribution >= 4 is 34.6 Å². The zero-order valence-electron chi connectivity index (χ0n) is 18.2. The first kappa shape index (κ1) is 25.8. The van der Waals surface area contributed by atoms with Crippen LogP contribution in [0.3, 0.4) is 0 Å². The second-order valence-corrected chi connectivity index (χ2v) is 7.74. The molecule has 12 nitrogen and oxygen atoms in total. The van der Waals surface area contributed by atoms with Crippen LogP contribution in [0, 0.1) is 0 Å². The lowest BCUT2D eigenvalue weighted by atomic mass is 10.0. The molecule has 0 bridgehead atoms. The maximum Gasteiger partial charge on any atom is 0.322 e. The van der Waals surface area contributed by atoms with E-state index in [1.807, 2.05) is 29.6 Å². The van der Waals surface area contributed by atoms with Gasteiger partial charge in [0.2, 0.25) is 17.7 Å². The topological polar surface area (TPSA) is 207 Å². The molecule has 0 aliphatic carbocycles. The molecule has 0 saturated heterocycles. The van der Waals surface area contributed by atoms with Crippen LogP contribution in [0.25, 0.3) is 10.9 Å². The van der Waals surface area contributed by atoms with Gasteiger partial charge in [0.25, 0.3) is 0 Å². The van der Waals surface area contributed by atoms with Crippen molar-refractivity contribution in [2.24, 2.45) is 5.73 Å². The first-order chi connectivity index (χ1) is 15.5. The van der Waals surface area contributed by atoms with Crippen LogP contribution in [0.1, 0.15) is 19.4 Å². The van der Waals surface area contributed by atoms with Crippen LogP contribution in [-0.2, 0) is 25.6 Å². The van der Waals surface area contributed by atoms with Gasteiger partial charge in [0.1, 0.15) is 18.6 Å². The van der Waals surface area contributed by atoms with Crippen molar-refractivity contribution in [2.75, 3.05) is 6.54 Å². The smallest absolute Gasteiger partial charge is 0.322 e. The average molecular weight is 463 g/mol. The summed E-state index contributed by atoms with van der Waals surface area (Å²) in [6, 6.07) is 3.46. The number of H-pyrrole nitrogens is 1. The summed E-state index contributed by atoms with van der Waals surface area (Å²) in [4.78, 5) is 51.1. The molecular formula is C21H29N5O7. The highest BCUT2D eigenvalue weighted by Crippen LogP contribution is 2.18. The molecule has 3 amide bonds. The lowest BCUT2D eigenvalue weighted by Gasteiger charge is -2.26. The normalized spacial score (nSPS) is 15.7. The third kappa shape index (κ3) is 7.00. The van der Waals surface area contributed by atoms with Crippen molar-refractivity contribution in [3.63, 3.8) is 0 Å². The van der Waals surface area contributed by atoms with Gasteiger partial charge in [-0.25, -0.2) is 0 Å². The van der Waals surface area contributed by atoms with Gasteiger partial charge in [0, 0.05) is 17.1 Å². The summed E-state index contributed by atoms with van der Waals surface area (Å²) in [6.45, 7) is 1.77. The van der Waals surface area contributed by atoms with Crippen molar-refractivity contribution in [1.82, 2.24) is 20.9 Å². The number of rotatable bonds is 11. The Morgan fingerprint density at radius 3 is 2.15 bits per heavy atom. The second-order valence-electron chi connectivity index (χ2n) is 7.74. The Bertz CT molecular complexity index is 1000. The van der Waals surface area contributed by atoms with E-state index in [1.165, 1.54) is 13.8 Å². The molecule has 1 aromatic heterocycles. The van der Waals surface area contributed by atoms with E-state index in [0.29, 0.717) is 0 Å². The minimum atomic E-state index is -1.50. The number of fused-ring (bicyclic) bond motifs is 1. The molecule has 12 heteroatoms. The number of amides is 3. The van der Waals surface area contributed by atoms with Gasteiger partial charge in [-0.05, 0) is 31.9 Å². The van der Waals surface area contributed by atoms with Gasteiger partial charge in [-0.3, -0.25) is 19.2 Å². The van der Waals surface area contributed by atoms with Crippen molar-refractivity contribution in [2.45, 2.75) is 50.6 Å². The molecule has 33 heavy (non-hydrogen) atoms. The van der Waals surface area contributed by atoms with Gasteiger partial charge >= 0.3 is 5.97 Å². The molecule has 2 rings (SSSR count). The van der Waals surface area contributed by atoms with E-state index in [9.17, 15) is 29.4 Å². The second kappa shape index (κ2) is 11.4. The van der Waals surface area contributed by atoms with E-state index < -0.39 is 60.6 Å². The average Bonchev–Trinajstić information content (AvgIpc) is 3.16. The van der Waals surface area contributed by atoms with Crippen molar-refractivity contribution < 1.29 is 34.5 Å². The summed E-state index contributed by atoms with van der Waals surface area (Å²) >= 11 is 0. The molecule has 9 N–H and O–H groups in total. The summed E-state index contributed by atoms with van der Waals surface area (Å²) in [5.74, 6) is -3.90. The van der Waals surface area contributed by atoms with Gasteiger partial charge < -0.3 is 42.0 Å². The highest BCUT2D eigenvalue weighted by atomic mass is 16.4. The predicted octanol–water partition coefficient (Wildman–Crippen LogP) is -2.03. The van der Waals surface area contributed by atoms with E-state index in [2.05, 4.69) is 15.6 Å². The van der Waals surface area contributed by atoms with Crippen LogP contribution >= 0.6 is 0 Å². The van der Waals surface area contributed by atoms with Crippen LogP contribution in [0.5, 0.6) is 0 Å². The lowest BCUT2D eigenvalue weighted by molar-refractivity contribution is -0.139. The number of carbonyl (C=O) groups is 4. The van der Waals surface area contributed by atoms with Gasteiger partial charge in [0.15, 0.2) is 0 Å². The Morgan fingerprint density at radius 1 is 0.970 bits per heavy atom. The Morgan fingerprint density at radius 2 is 1.55 bits per heavy atom. The SMILES string of the molecule is CC(O)C(NC(=O)C(N)Cc1c[nH]c2ccccc12)C(=O)NC(C(=O)NCC(=O)O)C(C)O. The molecule has 0 fully saturated rings. The number of nitrogens with two attached hydrogens (primary N) is 1. The van der Waals surface area contributed by atoms with Gasteiger partial charge in [-0.15, -0.1) is 0 Å². The molecule has 2 aromatic rings. The molecular weight excluding hydrogens is 434 g/mol. The molecule has 0 saturated carbocycles. The Kier molecular flexibility index (Phi) is 8.91. The number of benzene rings is 1. The van der Waals surface area contributed by atoms with E-state index >= 15 is 0 Å². The van der Waals surface area contributed by atoms with Gasteiger partial charge in [-0.1, -0.05) is 18.2 Å². The number of hydrogen-bond acceptors (Lipinski definition) is 7. The molecule has 1 heterocycles. The Balaban J connectivity index is 2.05. The number of aromatic amines is 1. The number of aromatic nitrogens is 1. The van der Waals surface area contributed by atoms with Crippen LogP contribution < -0.4 is 21.7 Å². The number of carbonyl (C=O) groups excluding carboxylic acids is 3. The van der Waals surface area contributed by atoms with Crippen molar-refractivity contribution in [3.8, 4) is 0 Å². The molecule has 180 valence electrons. The minimum Gasteiger partial charge on any atom is -0.480 e.